The molecule has 0 fully saturated rings. The molecule has 0 bridgehead atoms. The quantitative estimate of drug-likeness (QED) is 0.231. The van der Waals surface area contributed by atoms with Crippen LogP contribution in [0.5, 0.6) is 0 Å². The van der Waals surface area contributed by atoms with E-state index >= 15 is 0 Å². The summed E-state index contributed by atoms with van der Waals surface area (Å²) in [5.74, 6) is -0.906. The Labute approximate surface area is 220 Å². The normalized spacial score (nSPS) is 11.0. The standard InChI is InChI=1S/C33H36N2O2/c1-20(2)35-30-17-13-27(14-18-30)32-23(5)21(3)31(22(4)24(32)6)26-11-15-29(16-12-26)34-19-25-7-9-28(10-8-25)33(36)37/h7-18,20,34-35H,19H2,1-6H3,(H,36,37). The monoisotopic (exact) mass is 492 g/mol. The van der Waals surface area contributed by atoms with Crippen molar-refractivity contribution >= 4 is 17.3 Å². The minimum atomic E-state index is -0.906. The summed E-state index contributed by atoms with van der Waals surface area (Å²) in [5, 5.41) is 16.0. The van der Waals surface area contributed by atoms with Gasteiger partial charge in [-0.2, -0.15) is 0 Å². The van der Waals surface area contributed by atoms with Gasteiger partial charge in [-0.1, -0.05) is 36.4 Å². The lowest BCUT2D eigenvalue weighted by molar-refractivity contribution is 0.0697. The third-order valence-electron chi connectivity index (χ3n) is 7.13. The molecule has 4 aromatic rings. The molecular formula is C33H36N2O2. The fourth-order valence-corrected chi connectivity index (χ4v) is 4.97. The number of hydrogen-bond acceptors (Lipinski definition) is 3. The summed E-state index contributed by atoms with van der Waals surface area (Å²) in [7, 11) is 0. The topological polar surface area (TPSA) is 61.4 Å². The summed E-state index contributed by atoms with van der Waals surface area (Å²) >= 11 is 0. The van der Waals surface area contributed by atoms with Gasteiger partial charge >= 0.3 is 5.97 Å². The average Bonchev–Trinajstić information content (AvgIpc) is 2.88. The number of benzene rings is 4. The number of carboxylic acids is 1. The molecule has 0 unspecified atom stereocenters. The molecule has 0 aliphatic carbocycles. The number of carboxylic acid groups (broad SMARTS) is 1. The highest BCUT2D eigenvalue weighted by Crippen LogP contribution is 2.39. The van der Waals surface area contributed by atoms with Gasteiger partial charge in [-0.15, -0.1) is 0 Å². The van der Waals surface area contributed by atoms with E-state index in [1.54, 1.807) is 12.1 Å². The van der Waals surface area contributed by atoms with Crippen LogP contribution in [-0.4, -0.2) is 17.1 Å². The van der Waals surface area contributed by atoms with Crippen LogP contribution in [-0.2, 0) is 6.54 Å². The van der Waals surface area contributed by atoms with Gasteiger partial charge in [0.1, 0.15) is 0 Å². The molecule has 0 atom stereocenters. The van der Waals surface area contributed by atoms with Gasteiger partial charge in [0.2, 0.25) is 0 Å². The van der Waals surface area contributed by atoms with Gasteiger partial charge in [0.15, 0.2) is 0 Å². The van der Waals surface area contributed by atoms with E-state index < -0.39 is 5.97 Å². The van der Waals surface area contributed by atoms with E-state index in [9.17, 15) is 4.79 Å². The number of anilines is 2. The van der Waals surface area contributed by atoms with Gasteiger partial charge < -0.3 is 15.7 Å². The molecule has 37 heavy (non-hydrogen) atoms. The van der Waals surface area contributed by atoms with E-state index in [2.05, 4.69) is 101 Å². The van der Waals surface area contributed by atoms with Crippen molar-refractivity contribution in [3.05, 3.63) is 106 Å². The first-order chi connectivity index (χ1) is 17.7. The van der Waals surface area contributed by atoms with Crippen molar-refractivity contribution in [1.29, 1.82) is 0 Å². The highest BCUT2D eigenvalue weighted by molar-refractivity contribution is 5.87. The third-order valence-corrected chi connectivity index (χ3v) is 7.13. The van der Waals surface area contributed by atoms with Crippen LogP contribution in [0.25, 0.3) is 22.3 Å². The molecule has 4 nitrogen and oxygen atoms in total. The van der Waals surface area contributed by atoms with Gasteiger partial charge in [0.25, 0.3) is 0 Å². The second-order valence-electron chi connectivity index (χ2n) is 10.1. The van der Waals surface area contributed by atoms with Crippen LogP contribution in [0, 0.1) is 27.7 Å². The second-order valence-corrected chi connectivity index (χ2v) is 10.1. The predicted octanol–water partition coefficient (Wildman–Crippen LogP) is 8.38. The highest BCUT2D eigenvalue weighted by Gasteiger charge is 2.17. The van der Waals surface area contributed by atoms with E-state index in [1.165, 1.54) is 44.5 Å². The second kappa shape index (κ2) is 10.9. The van der Waals surface area contributed by atoms with Crippen LogP contribution in [0.1, 0.15) is 52.0 Å². The first-order valence-electron chi connectivity index (χ1n) is 12.8. The van der Waals surface area contributed by atoms with Gasteiger partial charge in [0.05, 0.1) is 5.56 Å². The van der Waals surface area contributed by atoms with Crippen molar-refractivity contribution in [3.63, 3.8) is 0 Å². The average molecular weight is 493 g/mol. The predicted molar refractivity (Wildman–Crippen MR) is 156 cm³/mol. The first-order valence-corrected chi connectivity index (χ1v) is 12.8. The molecule has 0 aliphatic rings. The van der Waals surface area contributed by atoms with Gasteiger partial charge in [-0.25, -0.2) is 4.79 Å². The Bertz CT molecular complexity index is 1370. The first kappa shape index (κ1) is 26.0. The maximum Gasteiger partial charge on any atom is 0.335 e. The molecule has 0 aromatic heterocycles. The van der Waals surface area contributed by atoms with E-state index in [1.807, 2.05) is 12.1 Å². The SMILES string of the molecule is Cc1c(C)c(-c2ccc(NC(C)C)cc2)c(C)c(C)c1-c1ccc(NCc2ccc(C(=O)O)cc2)cc1. The zero-order valence-electron chi connectivity index (χ0n) is 22.6. The zero-order valence-corrected chi connectivity index (χ0v) is 22.6. The van der Waals surface area contributed by atoms with Gasteiger partial charge in [0, 0.05) is 24.0 Å². The van der Waals surface area contributed by atoms with Gasteiger partial charge in [-0.3, -0.25) is 0 Å². The lowest BCUT2D eigenvalue weighted by Gasteiger charge is -2.22. The molecule has 0 saturated carbocycles. The Morgan fingerprint density at radius 3 is 1.51 bits per heavy atom. The zero-order chi connectivity index (χ0) is 26.7. The molecular weight excluding hydrogens is 456 g/mol. The fourth-order valence-electron chi connectivity index (χ4n) is 4.97. The Hall–Kier alpha value is -4.05. The summed E-state index contributed by atoms with van der Waals surface area (Å²) in [6.07, 6.45) is 0. The molecule has 3 N–H and O–H groups in total. The summed E-state index contributed by atoms with van der Waals surface area (Å²) < 4.78 is 0. The van der Waals surface area contributed by atoms with Crippen LogP contribution in [0.15, 0.2) is 72.8 Å². The number of hydrogen-bond donors (Lipinski definition) is 3. The van der Waals surface area contributed by atoms with Crippen LogP contribution in [0.2, 0.25) is 0 Å². The number of carbonyl (C=O) groups is 1. The lowest BCUT2D eigenvalue weighted by atomic mass is 9.83. The van der Waals surface area contributed by atoms with Crippen LogP contribution < -0.4 is 10.6 Å². The van der Waals surface area contributed by atoms with Crippen molar-refractivity contribution in [2.45, 2.75) is 54.1 Å². The van der Waals surface area contributed by atoms with E-state index in [0.717, 1.165) is 16.9 Å². The summed E-state index contributed by atoms with van der Waals surface area (Å²) in [6.45, 7) is 13.8. The Balaban J connectivity index is 1.56. The summed E-state index contributed by atoms with van der Waals surface area (Å²) in [6, 6.07) is 24.7. The molecule has 4 heteroatoms. The van der Waals surface area contributed by atoms with E-state index in [4.69, 9.17) is 5.11 Å². The van der Waals surface area contributed by atoms with Crippen molar-refractivity contribution in [2.24, 2.45) is 0 Å². The molecule has 4 aromatic carbocycles. The van der Waals surface area contributed by atoms with Crippen molar-refractivity contribution < 1.29 is 9.90 Å². The van der Waals surface area contributed by atoms with Crippen molar-refractivity contribution in [2.75, 3.05) is 10.6 Å². The van der Waals surface area contributed by atoms with Crippen LogP contribution in [0.3, 0.4) is 0 Å². The van der Waals surface area contributed by atoms with Crippen LogP contribution >= 0.6 is 0 Å². The smallest absolute Gasteiger partial charge is 0.335 e. The van der Waals surface area contributed by atoms with Crippen LogP contribution in [0.4, 0.5) is 11.4 Å². The highest BCUT2D eigenvalue weighted by atomic mass is 16.4. The van der Waals surface area contributed by atoms with Crippen molar-refractivity contribution in [3.8, 4) is 22.3 Å². The minimum absolute atomic E-state index is 0.301. The summed E-state index contributed by atoms with van der Waals surface area (Å²) in [5.41, 5.74) is 13.8. The fraction of sp³-hybridized carbons (Fsp3) is 0.242. The number of nitrogens with one attached hydrogen (secondary N) is 2. The summed E-state index contributed by atoms with van der Waals surface area (Å²) in [4.78, 5) is 11.0. The lowest BCUT2D eigenvalue weighted by Crippen LogP contribution is -2.09. The molecule has 0 amide bonds. The molecule has 4 rings (SSSR count). The Morgan fingerprint density at radius 2 is 1.11 bits per heavy atom. The molecule has 0 spiro atoms. The van der Waals surface area contributed by atoms with Gasteiger partial charge in [-0.05, 0) is 128 Å². The third kappa shape index (κ3) is 5.69. The largest absolute Gasteiger partial charge is 0.478 e. The molecule has 190 valence electrons. The molecule has 0 saturated heterocycles. The number of aromatic carboxylic acids is 1. The molecule has 0 heterocycles. The Morgan fingerprint density at radius 1 is 0.676 bits per heavy atom. The maximum absolute atomic E-state index is 11.0. The minimum Gasteiger partial charge on any atom is -0.478 e. The van der Waals surface area contributed by atoms with Crippen molar-refractivity contribution in [1.82, 2.24) is 0 Å². The number of rotatable bonds is 8. The maximum atomic E-state index is 11.0. The Kier molecular flexibility index (Phi) is 7.68. The van der Waals surface area contributed by atoms with E-state index in [-0.39, 0.29) is 0 Å². The molecule has 0 aliphatic heterocycles. The van der Waals surface area contributed by atoms with E-state index in [0.29, 0.717) is 18.2 Å². The molecule has 0 radical (unpaired) electrons.